The summed E-state index contributed by atoms with van der Waals surface area (Å²) in [7, 11) is 0. The third-order valence-electron chi connectivity index (χ3n) is 2.71. The summed E-state index contributed by atoms with van der Waals surface area (Å²) in [5.41, 5.74) is 6.67. The standard InChI is InChI=1S/C13H14N4OS/c14-7-6-10-9-19-13-15-12(16-17(10)13)8-18-11-4-2-1-3-5-11/h1-5,9H,6-8,14H2. The Morgan fingerprint density at radius 2 is 2.11 bits per heavy atom. The van der Waals surface area contributed by atoms with Crippen molar-refractivity contribution in [1.29, 1.82) is 0 Å². The SMILES string of the molecule is NCCc1csc2nc(COc3ccccc3)nn12. The molecule has 6 heteroatoms. The van der Waals surface area contributed by atoms with Crippen LogP contribution in [0.1, 0.15) is 11.5 Å². The largest absolute Gasteiger partial charge is 0.486 e. The smallest absolute Gasteiger partial charge is 0.212 e. The first-order chi connectivity index (χ1) is 9.36. The van der Waals surface area contributed by atoms with Crippen LogP contribution in [0.4, 0.5) is 0 Å². The molecule has 5 nitrogen and oxygen atoms in total. The zero-order chi connectivity index (χ0) is 13.1. The number of benzene rings is 1. The van der Waals surface area contributed by atoms with E-state index in [1.807, 2.05) is 40.2 Å². The molecule has 0 unspecified atom stereocenters. The van der Waals surface area contributed by atoms with Crippen molar-refractivity contribution < 1.29 is 4.74 Å². The first kappa shape index (κ1) is 12.1. The van der Waals surface area contributed by atoms with E-state index in [4.69, 9.17) is 10.5 Å². The van der Waals surface area contributed by atoms with Crippen LogP contribution in [0.5, 0.6) is 5.75 Å². The van der Waals surface area contributed by atoms with Gasteiger partial charge < -0.3 is 10.5 Å². The molecule has 1 aromatic carbocycles. The Hall–Kier alpha value is -1.92. The quantitative estimate of drug-likeness (QED) is 0.771. The van der Waals surface area contributed by atoms with Crippen LogP contribution in [-0.4, -0.2) is 21.1 Å². The van der Waals surface area contributed by atoms with E-state index in [0.717, 1.165) is 22.8 Å². The van der Waals surface area contributed by atoms with Gasteiger partial charge in [-0.1, -0.05) is 18.2 Å². The molecule has 19 heavy (non-hydrogen) atoms. The molecule has 0 atom stereocenters. The van der Waals surface area contributed by atoms with Gasteiger partial charge in [0, 0.05) is 11.8 Å². The van der Waals surface area contributed by atoms with Crippen LogP contribution in [0.2, 0.25) is 0 Å². The van der Waals surface area contributed by atoms with Gasteiger partial charge in [0.25, 0.3) is 0 Å². The molecule has 0 aliphatic heterocycles. The van der Waals surface area contributed by atoms with Gasteiger partial charge in [-0.2, -0.15) is 4.98 Å². The summed E-state index contributed by atoms with van der Waals surface area (Å²) in [6, 6.07) is 9.66. The fourth-order valence-electron chi connectivity index (χ4n) is 1.81. The third-order valence-corrected chi connectivity index (χ3v) is 3.57. The first-order valence-corrected chi connectivity index (χ1v) is 6.95. The van der Waals surface area contributed by atoms with Gasteiger partial charge in [0.05, 0.1) is 5.69 Å². The predicted molar refractivity (Wildman–Crippen MR) is 74.4 cm³/mol. The van der Waals surface area contributed by atoms with Crippen molar-refractivity contribution in [1.82, 2.24) is 14.6 Å². The summed E-state index contributed by atoms with van der Waals surface area (Å²) in [4.78, 5) is 5.32. The lowest BCUT2D eigenvalue weighted by Gasteiger charge is -2.01. The fraction of sp³-hybridized carbons (Fsp3) is 0.231. The molecular weight excluding hydrogens is 260 g/mol. The lowest BCUT2D eigenvalue weighted by molar-refractivity contribution is 0.296. The van der Waals surface area contributed by atoms with E-state index in [2.05, 4.69) is 10.1 Å². The number of fused-ring (bicyclic) bond motifs is 1. The van der Waals surface area contributed by atoms with Crippen molar-refractivity contribution in [2.45, 2.75) is 13.0 Å². The Kier molecular flexibility index (Phi) is 3.43. The number of ether oxygens (including phenoxy) is 1. The monoisotopic (exact) mass is 274 g/mol. The van der Waals surface area contributed by atoms with Crippen molar-refractivity contribution in [3.63, 3.8) is 0 Å². The highest BCUT2D eigenvalue weighted by Gasteiger charge is 2.09. The molecule has 3 aromatic rings. The van der Waals surface area contributed by atoms with Gasteiger partial charge >= 0.3 is 0 Å². The number of rotatable bonds is 5. The molecule has 0 saturated heterocycles. The van der Waals surface area contributed by atoms with Crippen molar-refractivity contribution in [3.8, 4) is 5.75 Å². The number of hydrogen-bond acceptors (Lipinski definition) is 5. The van der Waals surface area contributed by atoms with Crippen LogP contribution in [0, 0.1) is 0 Å². The summed E-state index contributed by atoms with van der Waals surface area (Å²) in [6.45, 7) is 0.988. The molecule has 2 aromatic heterocycles. The molecule has 98 valence electrons. The highest BCUT2D eigenvalue weighted by atomic mass is 32.1. The summed E-state index contributed by atoms with van der Waals surface area (Å²) in [5, 5.41) is 6.49. The first-order valence-electron chi connectivity index (χ1n) is 6.07. The maximum atomic E-state index is 5.63. The molecule has 0 saturated carbocycles. The van der Waals surface area contributed by atoms with Crippen LogP contribution < -0.4 is 10.5 Å². The molecular formula is C13H14N4OS. The van der Waals surface area contributed by atoms with Crippen LogP contribution in [0.15, 0.2) is 35.7 Å². The second-order valence-corrected chi connectivity index (χ2v) is 4.93. The van der Waals surface area contributed by atoms with Crippen molar-refractivity contribution in [3.05, 3.63) is 47.2 Å². The second kappa shape index (κ2) is 5.38. The Morgan fingerprint density at radius 1 is 1.26 bits per heavy atom. The van der Waals surface area contributed by atoms with E-state index in [1.165, 1.54) is 0 Å². The van der Waals surface area contributed by atoms with Crippen LogP contribution in [0.3, 0.4) is 0 Å². The molecule has 0 amide bonds. The third kappa shape index (κ3) is 2.59. The number of nitrogens with zero attached hydrogens (tertiary/aromatic N) is 3. The number of aromatic nitrogens is 3. The number of nitrogens with two attached hydrogens (primary N) is 1. The molecule has 0 radical (unpaired) electrons. The van der Waals surface area contributed by atoms with Gasteiger partial charge in [0.2, 0.25) is 4.96 Å². The van der Waals surface area contributed by atoms with Gasteiger partial charge in [-0.25, -0.2) is 4.52 Å². The van der Waals surface area contributed by atoms with Crippen molar-refractivity contribution in [2.75, 3.05) is 6.54 Å². The minimum absolute atomic E-state index is 0.375. The number of hydrogen-bond donors (Lipinski definition) is 1. The minimum Gasteiger partial charge on any atom is -0.486 e. The minimum atomic E-state index is 0.375. The Morgan fingerprint density at radius 3 is 2.89 bits per heavy atom. The topological polar surface area (TPSA) is 65.4 Å². The number of para-hydroxylation sites is 1. The van der Waals surface area contributed by atoms with E-state index < -0.39 is 0 Å². The summed E-state index contributed by atoms with van der Waals surface area (Å²) < 4.78 is 7.48. The summed E-state index contributed by atoms with van der Waals surface area (Å²) >= 11 is 1.57. The van der Waals surface area contributed by atoms with Crippen LogP contribution >= 0.6 is 11.3 Å². The highest BCUT2D eigenvalue weighted by Crippen LogP contribution is 2.16. The molecule has 0 fully saturated rings. The van der Waals surface area contributed by atoms with E-state index in [-0.39, 0.29) is 0 Å². The van der Waals surface area contributed by atoms with E-state index in [0.29, 0.717) is 19.0 Å². The average Bonchev–Trinajstić information content (AvgIpc) is 3.00. The van der Waals surface area contributed by atoms with E-state index in [9.17, 15) is 0 Å². The Labute approximate surface area is 114 Å². The lowest BCUT2D eigenvalue weighted by Crippen LogP contribution is -2.05. The highest BCUT2D eigenvalue weighted by molar-refractivity contribution is 7.15. The fourth-order valence-corrected chi connectivity index (χ4v) is 2.69. The molecule has 2 heterocycles. The Balaban J connectivity index is 1.75. The van der Waals surface area contributed by atoms with Gasteiger partial charge in [0.15, 0.2) is 5.82 Å². The van der Waals surface area contributed by atoms with Crippen molar-refractivity contribution >= 4 is 16.3 Å². The zero-order valence-electron chi connectivity index (χ0n) is 10.3. The summed E-state index contributed by atoms with van der Waals surface area (Å²) in [5.74, 6) is 1.51. The van der Waals surface area contributed by atoms with Crippen molar-refractivity contribution in [2.24, 2.45) is 5.73 Å². The van der Waals surface area contributed by atoms with E-state index >= 15 is 0 Å². The van der Waals surface area contributed by atoms with Gasteiger partial charge in [-0.3, -0.25) is 0 Å². The maximum absolute atomic E-state index is 5.63. The maximum Gasteiger partial charge on any atom is 0.212 e. The molecule has 0 aliphatic rings. The van der Waals surface area contributed by atoms with Gasteiger partial charge in [-0.05, 0) is 18.7 Å². The normalized spacial score (nSPS) is 11.0. The average molecular weight is 274 g/mol. The molecule has 0 bridgehead atoms. The van der Waals surface area contributed by atoms with E-state index in [1.54, 1.807) is 11.3 Å². The molecule has 0 aliphatic carbocycles. The van der Waals surface area contributed by atoms with Crippen LogP contribution in [0.25, 0.3) is 4.96 Å². The molecule has 0 spiro atoms. The van der Waals surface area contributed by atoms with Gasteiger partial charge in [0.1, 0.15) is 12.4 Å². The number of thiazole rings is 1. The molecule has 2 N–H and O–H groups in total. The van der Waals surface area contributed by atoms with Crippen LogP contribution in [-0.2, 0) is 13.0 Å². The second-order valence-electron chi connectivity index (χ2n) is 4.09. The molecule has 3 rings (SSSR count). The Bertz CT molecular complexity index is 662. The van der Waals surface area contributed by atoms with Gasteiger partial charge in [-0.15, -0.1) is 16.4 Å². The lowest BCUT2D eigenvalue weighted by atomic mass is 10.3. The summed E-state index contributed by atoms with van der Waals surface area (Å²) in [6.07, 6.45) is 0.808. The zero-order valence-corrected chi connectivity index (χ0v) is 11.1. The predicted octanol–water partition coefficient (Wildman–Crippen LogP) is 1.87.